The number of ether oxygens (including phenoxy) is 2. The van der Waals surface area contributed by atoms with Crippen molar-refractivity contribution >= 4 is 11.6 Å². The largest absolute Gasteiger partial charge is 0.490 e. The van der Waals surface area contributed by atoms with E-state index in [1.807, 2.05) is 32.0 Å². The molecule has 0 aromatic heterocycles. The third-order valence-corrected chi connectivity index (χ3v) is 2.48. The lowest BCUT2D eigenvalue weighted by Gasteiger charge is -2.13. The second-order valence-electron chi connectivity index (χ2n) is 3.81. The van der Waals surface area contributed by atoms with Gasteiger partial charge in [-0.1, -0.05) is 0 Å². The summed E-state index contributed by atoms with van der Waals surface area (Å²) in [6.45, 7) is 6.86. The Morgan fingerprint density at radius 2 is 2.00 bits per heavy atom. The Labute approximate surface area is 107 Å². The SMILES string of the molecule is CCOc1ccc(NC2=NCCN2)cc1OCC. The normalized spacial score (nSPS) is 13.8. The predicted molar refractivity (Wildman–Crippen MR) is 72.7 cm³/mol. The van der Waals surface area contributed by atoms with E-state index in [1.54, 1.807) is 0 Å². The van der Waals surface area contributed by atoms with Crippen molar-refractivity contribution in [2.45, 2.75) is 13.8 Å². The molecule has 0 bridgehead atoms. The second-order valence-corrected chi connectivity index (χ2v) is 3.81. The van der Waals surface area contributed by atoms with E-state index in [0.29, 0.717) is 13.2 Å². The van der Waals surface area contributed by atoms with Crippen molar-refractivity contribution in [2.24, 2.45) is 4.99 Å². The van der Waals surface area contributed by atoms with Gasteiger partial charge in [0.05, 0.1) is 19.8 Å². The van der Waals surface area contributed by atoms with E-state index in [9.17, 15) is 0 Å². The van der Waals surface area contributed by atoms with Crippen LogP contribution >= 0.6 is 0 Å². The fraction of sp³-hybridized carbons (Fsp3) is 0.462. The van der Waals surface area contributed by atoms with Gasteiger partial charge in [-0.3, -0.25) is 4.99 Å². The highest BCUT2D eigenvalue weighted by Crippen LogP contribution is 2.30. The van der Waals surface area contributed by atoms with Gasteiger partial charge in [0.25, 0.3) is 0 Å². The van der Waals surface area contributed by atoms with Crippen LogP contribution in [0.2, 0.25) is 0 Å². The van der Waals surface area contributed by atoms with Crippen molar-refractivity contribution in [3.05, 3.63) is 18.2 Å². The van der Waals surface area contributed by atoms with E-state index >= 15 is 0 Å². The Morgan fingerprint density at radius 3 is 2.67 bits per heavy atom. The van der Waals surface area contributed by atoms with Gasteiger partial charge in [-0.15, -0.1) is 0 Å². The molecule has 1 aliphatic heterocycles. The van der Waals surface area contributed by atoms with Gasteiger partial charge in [0.2, 0.25) is 0 Å². The van der Waals surface area contributed by atoms with Crippen LogP contribution in [-0.4, -0.2) is 32.3 Å². The van der Waals surface area contributed by atoms with E-state index in [1.165, 1.54) is 0 Å². The monoisotopic (exact) mass is 249 g/mol. The number of anilines is 1. The third-order valence-electron chi connectivity index (χ3n) is 2.48. The second kappa shape index (κ2) is 6.14. The van der Waals surface area contributed by atoms with Crippen LogP contribution in [0.15, 0.2) is 23.2 Å². The Kier molecular flexibility index (Phi) is 4.28. The lowest BCUT2D eigenvalue weighted by atomic mass is 10.2. The number of benzene rings is 1. The van der Waals surface area contributed by atoms with E-state index in [-0.39, 0.29) is 0 Å². The molecule has 1 aliphatic rings. The molecule has 0 unspecified atom stereocenters. The minimum Gasteiger partial charge on any atom is -0.490 e. The highest BCUT2D eigenvalue weighted by atomic mass is 16.5. The van der Waals surface area contributed by atoms with Crippen molar-refractivity contribution in [3.8, 4) is 11.5 Å². The van der Waals surface area contributed by atoms with Gasteiger partial charge in [0, 0.05) is 18.3 Å². The molecule has 0 radical (unpaired) electrons. The molecule has 1 aromatic carbocycles. The Morgan fingerprint density at radius 1 is 1.22 bits per heavy atom. The van der Waals surface area contributed by atoms with Crippen LogP contribution in [0.1, 0.15) is 13.8 Å². The highest BCUT2D eigenvalue weighted by Gasteiger charge is 2.09. The average Bonchev–Trinajstić information content (AvgIpc) is 2.86. The van der Waals surface area contributed by atoms with Crippen molar-refractivity contribution < 1.29 is 9.47 Å². The first-order valence-electron chi connectivity index (χ1n) is 6.28. The van der Waals surface area contributed by atoms with Gasteiger partial charge in [0.1, 0.15) is 0 Å². The molecule has 0 saturated carbocycles. The molecule has 0 atom stereocenters. The van der Waals surface area contributed by atoms with Crippen molar-refractivity contribution in [2.75, 3.05) is 31.6 Å². The zero-order chi connectivity index (χ0) is 12.8. The molecule has 98 valence electrons. The minimum atomic E-state index is 0.614. The number of guanidine groups is 1. The number of hydrogen-bond acceptors (Lipinski definition) is 5. The molecule has 2 rings (SSSR count). The molecule has 1 heterocycles. The van der Waals surface area contributed by atoms with Crippen LogP contribution in [-0.2, 0) is 0 Å². The molecular formula is C13H19N3O2. The van der Waals surface area contributed by atoms with Crippen LogP contribution < -0.4 is 20.1 Å². The van der Waals surface area contributed by atoms with Crippen molar-refractivity contribution in [3.63, 3.8) is 0 Å². The Balaban J connectivity index is 2.13. The summed E-state index contributed by atoms with van der Waals surface area (Å²) in [6, 6.07) is 5.79. The zero-order valence-electron chi connectivity index (χ0n) is 10.8. The number of rotatable bonds is 5. The lowest BCUT2D eigenvalue weighted by molar-refractivity contribution is 0.288. The summed E-state index contributed by atoms with van der Waals surface area (Å²) in [5.41, 5.74) is 0.940. The number of aliphatic imine (C=N–C) groups is 1. The smallest absolute Gasteiger partial charge is 0.195 e. The first kappa shape index (κ1) is 12.5. The molecule has 0 aliphatic carbocycles. The molecular weight excluding hydrogens is 230 g/mol. The summed E-state index contributed by atoms with van der Waals surface area (Å²) in [6.07, 6.45) is 0. The quantitative estimate of drug-likeness (QED) is 0.836. The minimum absolute atomic E-state index is 0.614. The summed E-state index contributed by atoms with van der Waals surface area (Å²) < 4.78 is 11.1. The van der Waals surface area contributed by atoms with Gasteiger partial charge in [0.15, 0.2) is 17.5 Å². The average molecular weight is 249 g/mol. The van der Waals surface area contributed by atoms with E-state index < -0.39 is 0 Å². The van der Waals surface area contributed by atoms with Crippen LogP contribution in [0, 0.1) is 0 Å². The zero-order valence-corrected chi connectivity index (χ0v) is 10.8. The van der Waals surface area contributed by atoms with Crippen LogP contribution in [0.3, 0.4) is 0 Å². The topological polar surface area (TPSA) is 54.9 Å². The standard InChI is InChI=1S/C13H19N3O2/c1-3-17-11-6-5-10(9-12(11)18-4-2)16-13-14-7-8-15-13/h5-6,9H,3-4,7-8H2,1-2H3,(H2,14,15,16). The molecule has 5 nitrogen and oxygen atoms in total. The van der Waals surface area contributed by atoms with E-state index in [2.05, 4.69) is 15.6 Å². The summed E-state index contributed by atoms with van der Waals surface area (Å²) in [5, 5.41) is 6.38. The van der Waals surface area contributed by atoms with Crippen molar-refractivity contribution in [1.29, 1.82) is 0 Å². The van der Waals surface area contributed by atoms with Gasteiger partial charge >= 0.3 is 0 Å². The van der Waals surface area contributed by atoms with Crippen LogP contribution in [0.25, 0.3) is 0 Å². The summed E-state index contributed by atoms with van der Waals surface area (Å²) in [7, 11) is 0. The predicted octanol–water partition coefficient (Wildman–Crippen LogP) is 1.86. The summed E-state index contributed by atoms with van der Waals surface area (Å²) in [5.74, 6) is 2.33. The number of nitrogens with zero attached hydrogens (tertiary/aromatic N) is 1. The first-order valence-corrected chi connectivity index (χ1v) is 6.28. The van der Waals surface area contributed by atoms with Crippen molar-refractivity contribution in [1.82, 2.24) is 5.32 Å². The third kappa shape index (κ3) is 3.06. The Hall–Kier alpha value is -1.91. The summed E-state index contributed by atoms with van der Waals surface area (Å²) in [4.78, 5) is 4.29. The molecule has 1 aromatic rings. The molecule has 0 saturated heterocycles. The molecule has 0 fully saturated rings. The maximum atomic E-state index is 5.57. The van der Waals surface area contributed by atoms with E-state index in [4.69, 9.17) is 9.47 Å². The maximum absolute atomic E-state index is 5.57. The first-order chi connectivity index (χ1) is 8.83. The number of hydrogen-bond donors (Lipinski definition) is 2. The lowest BCUT2D eigenvalue weighted by Crippen LogP contribution is -2.26. The maximum Gasteiger partial charge on any atom is 0.195 e. The van der Waals surface area contributed by atoms with E-state index in [0.717, 1.165) is 36.2 Å². The summed E-state index contributed by atoms with van der Waals surface area (Å²) >= 11 is 0. The fourth-order valence-corrected chi connectivity index (χ4v) is 1.75. The molecule has 5 heteroatoms. The van der Waals surface area contributed by atoms with Crippen LogP contribution in [0.5, 0.6) is 11.5 Å². The number of nitrogens with one attached hydrogen (secondary N) is 2. The van der Waals surface area contributed by atoms with Crippen LogP contribution in [0.4, 0.5) is 5.69 Å². The molecule has 2 N–H and O–H groups in total. The molecule has 0 spiro atoms. The van der Waals surface area contributed by atoms with Gasteiger partial charge in [-0.2, -0.15) is 0 Å². The van der Waals surface area contributed by atoms with Gasteiger partial charge in [-0.25, -0.2) is 0 Å². The van der Waals surface area contributed by atoms with Gasteiger partial charge in [-0.05, 0) is 26.0 Å². The molecule has 18 heavy (non-hydrogen) atoms. The molecule has 0 amide bonds. The highest BCUT2D eigenvalue weighted by molar-refractivity contribution is 5.94. The Bertz CT molecular complexity index is 432. The van der Waals surface area contributed by atoms with Gasteiger partial charge < -0.3 is 20.1 Å². The fourth-order valence-electron chi connectivity index (χ4n) is 1.75.